The molecule has 4 heterocycles. The van der Waals surface area contributed by atoms with Crippen molar-refractivity contribution in [1.29, 1.82) is 0 Å². The van der Waals surface area contributed by atoms with Gasteiger partial charge in [0.1, 0.15) is 17.8 Å². The molecule has 12 heteroatoms. The Hall–Kier alpha value is -3.38. The number of carbonyl (C=O) groups excluding carboxylic acids is 3. The van der Waals surface area contributed by atoms with Crippen LogP contribution in [-0.4, -0.2) is 56.7 Å². The van der Waals surface area contributed by atoms with Crippen LogP contribution in [0.5, 0.6) is 0 Å². The zero-order chi connectivity index (χ0) is 28.1. The van der Waals surface area contributed by atoms with Gasteiger partial charge in [-0.15, -0.1) is 0 Å². The van der Waals surface area contributed by atoms with Crippen molar-refractivity contribution in [3.63, 3.8) is 0 Å². The molecule has 2 unspecified atom stereocenters. The number of fused-ring (bicyclic) bond motifs is 1. The summed E-state index contributed by atoms with van der Waals surface area (Å²) in [5.74, 6) is -1.25. The molecule has 5 rings (SSSR count). The predicted molar refractivity (Wildman–Crippen MR) is 130 cm³/mol. The van der Waals surface area contributed by atoms with Crippen LogP contribution in [0.1, 0.15) is 77.2 Å². The second-order valence-electron chi connectivity index (χ2n) is 10.4. The van der Waals surface area contributed by atoms with Gasteiger partial charge >= 0.3 is 6.18 Å². The summed E-state index contributed by atoms with van der Waals surface area (Å²) < 4.78 is 54.1. The molecule has 2 atom stereocenters. The van der Waals surface area contributed by atoms with Gasteiger partial charge in [-0.1, -0.05) is 12.1 Å². The van der Waals surface area contributed by atoms with Crippen LogP contribution in [0.4, 0.5) is 17.6 Å². The van der Waals surface area contributed by atoms with Crippen LogP contribution in [0.3, 0.4) is 0 Å². The number of piperidine rings is 2. The van der Waals surface area contributed by atoms with E-state index in [2.05, 4.69) is 10.3 Å². The average Bonchev–Trinajstić information content (AvgIpc) is 3.20. The first-order valence-corrected chi connectivity index (χ1v) is 12.8. The van der Waals surface area contributed by atoms with Crippen molar-refractivity contribution in [3.8, 4) is 0 Å². The summed E-state index contributed by atoms with van der Waals surface area (Å²) in [5.41, 5.74) is -1.08. The quantitative estimate of drug-likeness (QED) is 0.439. The van der Waals surface area contributed by atoms with Gasteiger partial charge in [0, 0.05) is 26.1 Å². The van der Waals surface area contributed by atoms with Crippen molar-refractivity contribution in [2.24, 2.45) is 0 Å². The number of hydrogen-bond donors (Lipinski definition) is 2. The molecule has 8 nitrogen and oxygen atoms in total. The molecule has 3 amide bonds. The number of hydrogen-bond acceptors (Lipinski definition) is 6. The topological polar surface area (TPSA) is 103 Å². The highest BCUT2D eigenvalue weighted by Gasteiger charge is 2.42. The first kappa shape index (κ1) is 27.2. The van der Waals surface area contributed by atoms with Gasteiger partial charge < -0.3 is 10.0 Å². The summed E-state index contributed by atoms with van der Waals surface area (Å²) in [7, 11) is 0. The fraction of sp³-hybridized carbons (Fsp3) is 0.481. The van der Waals surface area contributed by atoms with Crippen molar-refractivity contribution < 1.29 is 37.1 Å². The Kier molecular flexibility index (Phi) is 6.96. The Labute approximate surface area is 222 Å². The van der Waals surface area contributed by atoms with Gasteiger partial charge in [-0.2, -0.15) is 13.2 Å². The van der Waals surface area contributed by atoms with E-state index < -0.39 is 41.0 Å². The smallest absolute Gasteiger partial charge is 0.383 e. The summed E-state index contributed by atoms with van der Waals surface area (Å²) in [6, 6.07) is 6.07. The minimum atomic E-state index is -4.66. The first-order chi connectivity index (χ1) is 18.4. The Morgan fingerprint density at radius 1 is 1.15 bits per heavy atom. The number of rotatable bonds is 5. The first-order valence-electron chi connectivity index (χ1n) is 12.8. The average molecular weight is 549 g/mol. The number of pyridine rings is 1. The molecule has 0 spiro atoms. The van der Waals surface area contributed by atoms with E-state index in [-0.39, 0.29) is 50.6 Å². The number of aromatic nitrogens is 1. The molecule has 39 heavy (non-hydrogen) atoms. The summed E-state index contributed by atoms with van der Waals surface area (Å²) in [6.07, 6.45) is -5.49. The monoisotopic (exact) mass is 548 g/mol. The zero-order valence-corrected chi connectivity index (χ0v) is 21.2. The van der Waals surface area contributed by atoms with Crippen LogP contribution >= 0.6 is 0 Å². The number of nitrogens with zero attached hydrogens (tertiary/aromatic N) is 3. The normalized spacial score (nSPS) is 22.6. The number of benzene rings is 1. The van der Waals surface area contributed by atoms with Crippen molar-refractivity contribution >= 4 is 17.7 Å². The molecule has 0 radical (unpaired) electrons. The fourth-order valence-electron chi connectivity index (χ4n) is 5.58. The number of carbonyl (C=O) groups is 3. The van der Waals surface area contributed by atoms with E-state index in [4.69, 9.17) is 0 Å². The molecule has 1 aromatic carbocycles. The lowest BCUT2D eigenvalue weighted by atomic mass is 9.87. The minimum absolute atomic E-state index is 0.0888. The van der Waals surface area contributed by atoms with E-state index in [1.807, 2.05) is 4.90 Å². The predicted octanol–water partition coefficient (Wildman–Crippen LogP) is 3.38. The molecule has 3 aliphatic heterocycles. The molecule has 0 aliphatic carbocycles. The van der Waals surface area contributed by atoms with Crippen molar-refractivity contribution in [2.75, 3.05) is 13.1 Å². The lowest BCUT2D eigenvalue weighted by Gasteiger charge is -2.38. The van der Waals surface area contributed by atoms with Crippen LogP contribution in [0.15, 0.2) is 30.3 Å². The highest BCUT2D eigenvalue weighted by Crippen LogP contribution is 2.38. The van der Waals surface area contributed by atoms with Crippen LogP contribution in [-0.2, 0) is 34.5 Å². The van der Waals surface area contributed by atoms with E-state index in [1.165, 1.54) is 17.0 Å². The second-order valence-corrected chi connectivity index (χ2v) is 10.4. The van der Waals surface area contributed by atoms with Gasteiger partial charge in [-0.05, 0) is 55.5 Å². The Bertz CT molecular complexity index is 1320. The number of aliphatic hydroxyl groups is 1. The summed E-state index contributed by atoms with van der Waals surface area (Å²) in [5, 5.41) is 13.6. The molecule has 1 aromatic heterocycles. The fourth-order valence-corrected chi connectivity index (χ4v) is 5.58. The molecule has 208 valence electrons. The van der Waals surface area contributed by atoms with Gasteiger partial charge in [0.2, 0.25) is 11.8 Å². The van der Waals surface area contributed by atoms with E-state index in [1.54, 1.807) is 12.1 Å². The Morgan fingerprint density at radius 3 is 2.51 bits per heavy atom. The third-order valence-electron chi connectivity index (χ3n) is 7.79. The van der Waals surface area contributed by atoms with Crippen molar-refractivity contribution in [2.45, 2.75) is 69.7 Å². The summed E-state index contributed by atoms with van der Waals surface area (Å²) >= 11 is 0. The third kappa shape index (κ3) is 5.27. The maximum absolute atomic E-state index is 13.7. The largest absolute Gasteiger partial charge is 0.416 e. The zero-order valence-electron chi connectivity index (χ0n) is 21.2. The highest BCUT2D eigenvalue weighted by molar-refractivity contribution is 6.05. The third-order valence-corrected chi connectivity index (χ3v) is 7.79. The number of halogens is 4. The Balaban J connectivity index is 1.26. The van der Waals surface area contributed by atoms with Crippen LogP contribution in [0.25, 0.3) is 0 Å². The van der Waals surface area contributed by atoms with E-state index in [0.717, 1.165) is 13.0 Å². The summed E-state index contributed by atoms with van der Waals surface area (Å²) in [4.78, 5) is 44.5. The molecule has 2 aromatic rings. The van der Waals surface area contributed by atoms with Crippen LogP contribution in [0.2, 0.25) is 0 Å². The molecule has 0 saturated carbocycles. The van der Waals surface area contributed by atoms with E-state index in [0.29, 0.717) is 35.6 Å². The van der Waals surface area contributed by atoms with Crippen molar-refractivity contribution in [3.05, 3.63) is 64.0 Å². The molecule has 3 aliphatic rings. The van der Waals surface area contributed by atoms with Gasteiger partial charge in [-0.25, -0.2) is 4.39 Å². The lowest BCUT2D eigenvalue weighted by molar-refractivity contribution is -0.139. The molecular weight excluding hydrogens is 520 g/mol. The number of likely N-dealkylation sites (tertiary alicyclic amines) is 1. The number of amides is 3. The second kappa shape index (κ2) is 9.98. The number of imide groups is 1. The van der Waals surface area contributed by atoms with E-state index in [9.17, 15) is 37.1 Å². The van der Waals surface area contributed by atoms with Gasteiger partial charge in [0.25, 0.3) is 5.91 Å². The standard InChI is InChI=1S/C27H28F4N4O4/c1-15(28)17-3-2-16(12-19(17)27(29,30)31)13-34-10-8-26(39,9-11-34)22-6-4-18-20(32-22)14-35(25(18)38)21-5-7-23(36)33-24(21)37/h2-4,6,12,15,21,39H,5,7-11,13-14H2,1H3,(H,33,36,37). The molecule has 2 saturated heterocycles. The van der Waals surface area contributed by atoms with Crippen LogP contribution in [0, 0.1) is 0 Å². The molecule has 2 N–H and O–H groups in total. The Morgan fingerprint density at radius 2 is 1.87 bits per heavy atom. The molecule has 2 fully saturated rings. The lowest BCUT2D eigenvalue weighted by Crippen LogP contribution is -2.52. The summed E-state index contributed by atoms with van der Waals surface area (Å²) in [6.45, 7) is 2.15. The van der Waals surface area contributed by atoms with E-state index >= 15 is 0 Å². The molecule has 0 bridgehead atoms. The minimum Gasteiger partial charge on any atom is -0.383 e. The SMILES string of the molecule is CC(F)c1ccc(CN2CCC(O)(c3ccc4c(n3)CN(C3CCC(=O)NC3=O)C4=O)CC2)cc1C(F)(F)F. The number of alkyl halides is 4. The van der Waals surface area contributed by atoms with Gasteiger partial charge in [0.05, 0.1) is 29.1 Å². The number of nitrogens with one attached hydrogen (secondary N) is 1. The van der Waals surface area contributed by atoms with Crippen molar-refractivity contribution in [1.82, 2.24) is 20.1 Å². The van der Waals surface area contributed by atoms with Gasteiger partial charge in [0.15, 0.2) is 0 Å². The highest BCUT2D eigenvalue weighted by atomic mass is 19.4. The molecular formula is C27H28F4N4O4. The maximum atomic E-state index is 13.7. The maximum Gasteiger partial charge on any atom is 0.416 e. The van der Waals surface area contributed by atoms with Gasteiger partial charge in [-0.3, -0.25) is 29.6 Å². The van der Waals surface area contributed by atoms with Crippen LogP contribution < -0.4 is 5.32 Å².